The van der Waals surface area contributed by atoms with Crippen LogP contribution in [0.4, 0.5) is 11.6 Å². The molecule has 2 N–H and O–H groups in total. The number of anilines is 2. The average Bonchev–Trinajstić information content (AvgIpc) is 2.50. The maximum atomic E-state index is 5.44. The van der Waals surface area contributed by atoms with E-state index in [1.165, 1.54) is 5.56 Å². The van der Waals surface area contributed by atoms with E-state index in [-0.39, 0.29) is 0 Å². The second-order valence-electron chi connectivity index (χ2n) is 5.43. The first-order valence-electron chi connectivity index (χ1n) is 7.62. The van der Waals surface area contributed by atoms with Crippen molar-refractivity contribution in [2.75, 3.05) is 30.9 Å². The first kappa shape index (κ1) is 15.0. The Morgan fingerprint density at radius 2 is 2.00 bits per heavy atom. The summed E-state index contributed by atoms with van der Waals surface area (Å²) in [5.41, 5.74) is 1.19. The van der Waals surface area contributed by atoms with Gasteiger partial charge in [0.2, 0.25) is 0 Å². The molecule has 2 rings (SSSR count). The van der Waals surface area contributed by atoms with Crippen LogP contribution in [-0.2, 0) is 11.2 Å². The first-order valence-corrected chi connectivity index (χ1v) is 7.62. The lowest BCUT2D eigenvalue weighted by atomic mass is 9.93. The second-order valence-corrected chi connectivity index (χ2v) is 5.43. The average molecular weight is 278 g/mol. The zero-order chi connectivity index (χ0) is 14.4. The highest BCUT2D eigenvalue weighted by Gasteiger charge is 2.22. The molecule has 1 aromatic heterocycles. The second kappa shape index (κ2) is 7.43. The van der Waals surface area contributed by atoms with Crippen molar-refractivity contribution >= 4 is 11.6 Å². The van der Waals surface area contributed by atoms with E-state index < -0.39 is 0 Å². The number of hydrogen-bond donors (Lipinski definition) is 2. The third-order valence-corrected chi connectivity index (χ3v) is 4.02. The highest BCUT2D eigenvalue weighted by Crippen LogP contribution is 2.25. The molecule has 1 atom stereocenters. The van der Waals surface area contributed by atoms with Crippen molar-refractivity contribution in [3.8, 4) is 0 Å². The number of nitrogens with zero attached hydrogens (tertiary/aromatic N) is 2. The van der Waals surface area contributed by atoms with Crippen LogP contribution in [0.25, 0.3) is 0 Å². The number of ether oxygens (including phenoxy) is 1. The van der Waals surface area contributed by atoms with Gasteiger partial charge in [0, 0.05) is 31.9 Å². The lowest BCUT2D eigenvalue weighted by molar-refractivity contribution is 0.0622. The van der Waals surface area contributed by atoms with E-state index in [1.807, 2.05) is 7.05 Å². The Kier molecular flexibility index (Phi) is 5.59. The van der Waals surface area contributed by atoms with Crippen molar-refractivity contribution in [3.05, 3.63) is 11.9 Å². The number of rotatable bonds is 6. The van der Waals surface area contributed by atoms with E-state index in [1.54, 1.807) is 6.33 Å². The summed E-state index contributed by atoms with van der Waals surface area (Å²) in [7, 11) is 1.91. The molecule has 0 bridgehead atoms. The van der Waals surface area contributed by atoms with Crippen molar-refractivity contribution in [2.45, 2.75) is 45.6 Å². The van der Waals surface area contributed by atoms with E-state index in [2.05, 4.69) is 34.4 Å². The predicted molar refractivity (Wildman–Crippen MR) is 82.2 cm³/mol. The number of nitrogens with one attached hydrogen (secondary N) is 2. The molecular formula is C15H26N4O. The summed E-state index contributed by atoms with van der Waals surface area (Å²) >= 11 is 0. The lowest BCUT2D eigenvalue weighted by Crippen LogP contribution is -2.31. The van der Waals surface area contributed by atoms with Crippen LogP contribution in [0.1, 0.15) is 38.7 Å². The van der Waals surface area contributed by atoms with Gasteiger partial charge in [0.25, 0.3) is 0 Å². The maximum Gasteiger partial charge on any atom is 0.134 e. The van der Waals surface area contributed by atoms with Gasteiger partial charge in [0.15, 0.2) is 0 Å². The van der Waals surface area contributed by atoms with Crippen LogP contribution in [0.15, 0.2) is 6.33 Å². The van der Waals surface area contributed by atoms with Gasteiger partial charge in [-0.15, -0.1) is 0 Å². The lowest BCUT2D eigenvalue weighted by Gasteiger charge is -2.29. The van der Waals surface area contributed by atoms with E-state index >= 15 is 0 Å². The molecule has 1 unspecified atom stereocenters. The van der Waals surface area contributed by atoms with Crippen molar-refractivity contribution in [1.82, 2.24) is 9.97 Å². The molecule has 5 nitrogen and oxygen atoms in total. The van der Waals surface area contributed by atoms with Gasteiger partial charge in [-0.05, 0) is 32.1 Å². The van der Waals surface area contributed by atoms with Crippen LogP contribution >= 0.6 is 0 Å². The number of aromatic nitrogens is 2. The predicted octanol–water partition coefficient (Wildman–Crippen LogP) is 2.70. The van der Waals surface area contributed by atoms with Gasteiger partial charge >= 0.3 is 0 Å². The summed E-state index contributed by atoms with van der Waals surface area (Å²) in [5.74, 6) is 2.57. The topological polar surface area (TPSA) is 59.1 Å². The smallest absolute Gasteiger partial charge is 0.134 e. The van der Waals surface area contributed by atoms with Gasteiger partial charge < -0.3 is 15.4 Å². The summed E-state index contributed by atoms with van der Waals surface area (Å²) in [4.78, 5) is 8.76. The minimum Gasteiger partial charge on any atom is -0.381 e. The summed E-state index contributed by atoms with van der Waals surface area (Å²) in [6, 6.07) is 0.411. The molecule has 0 aliphatic carbocycles. The molecule has 0 aromatic carbocycles. The van der Waals surface area contributed by atoms with Gasteiger partial charge in [-0.3, -0.25) is 0 Å². The van der Waals surface area contributed by atoms with Gasteiger partial charge in [-0.25, -0.2) is 9.97 Å². The van der Waals surface area contributed by atoms with Crippen LogP contribution in [-0.4, -0.2) is 36.3 Å². The van der Waals surface area contributed by atoms with Crippen LogP contribution in [0.2, 0.25) is 0 Å². The molecule has 20 heavy (non-hydrogen) atoms. The van der Waals surface area contributed by atoms with E-state index in [9.17, 15) is 0 Å². The highest BCUT2D eigenvalue weighted by atomic mass is 16.5. The standard InChI is InChI=1S/C15H26N4O/c1-4-5-13-14(16-3)17-10-18-15(13)19-11(2)12-6-8-20-9-7-12/h10-12H,4-9H2,1-3H3,(H2,16,17,18,19). The van der Waals surface area contributed by atoms with Crippen molar-refractivity contribution in [3.63, 3.8) is 0 Å². The Labute approximate surface area is 121 Å². The molecule has 1 aromatic rings. The molecule has 2 heterocycles. The monoisotopic (exact) mass is 278 g/mol. The molecule has 0 radical (unpaired) electrons. The SMILES string of the molecule is CCCc1c(NC)ncnc1NC(C)C1CCOCC1. The fourth-order valence-electron chi connectivity index (χ4n) is 2.79. The van der Waals surface area contributed by atoms with Crippen molar-refractivity contribution < 1.29 is 4.74 Å². The molecule has 112 valence electrons. The fourth-order valence-corrected chi connectivity index (χ4v) is 2.79. The molecule has 1 saturated heterocycles. The largest absolute Gasteiger partial charge is 0.381 e. The van der Waals surface area contributed by atoms with Gasteiger partial charge in [-0.1, -0.05) is 13.3 Å². The Morgan fingerprint density at radius 1 is 1.30 bits per heavy atom. The summed E-state index contributed by atoms with van der Waals surface area (Å²) in [5, 5.41) is 6.76. The summed E-state index contributed by atoms with van der Waals surface area (Å²) in [6.45, 7) is 6.18. The molecule has 5 heteroatoms. The molecule has 1 fully saturated rings. The maximum absolute atomic E-state index is 5.44. The van der Waals surface area contributed by atoms with E-state index in [4.69, 9.17) is 4.74 Å². The molecule has 1 aliphatic rings. The molecule has 1 aliphatic heterocycles. The fraction of sp³-hybridized carbons (Fsp3) is 0.733. The molecule has 0 amide bonds. The minimum atomic E-state index is 0.411. The normalized spacial score (nSPS) is 17.8. The summed E-state index contributed by atoms with van der Waals surface area (Å²) < 4.78 is 5.44. The Bertz CT molecular complexity index is 418. The third kappa shape index (κ3) is 3.60. The van der Waals surface area contributed by atoms with Crippen LogP contribution in [0.5, 0.6) is 0 Å². The summed E-state index contributed by atoms with van der Waals surface area (Å²) in [6.07, 6.45) is 5.95. The highest BCUT2D eigenvalue weighted by molar-refractivity contribution is 5.57. The van der Waals surface area contributed by atoms with Crippen molar-refractivity contribution in [1.29, 1.82) is 0 Å². The third-order valence-electron chi connectivity index (χ3n) is 4.02. The Morgan fingerprint density at radius 3 is 2.65 bits per heavy atom. The number of hydrogen-bond acceptors (Lipinski definition) is 5. The van der Waals surface area contributed by atoms with E-state index in [0.717, 1.165) is 50.5 Å². The van der Waals surface area contributed by atoms with Gasteiger partial charge in [0.1, 0.15) is 18.0 Å². The van der Waals surface area contributed by atoms with Gasteiger partial charge in [0.05, 0.1) is 0 Å². The first-order chi connectivity index (χ1) is 9.76. The van der Waals surface area contributed by atoms with Crippen LogP contribution in [0, 0.1) is 5.92 Å². The van der Waals surface area contributed by atoms with Crippen molar-refractivity contribution in [2.24, 2.45) is 5.92 Å². The molecule has 0 saturated carbocycles. The van der Waals surface area contributed by atoms with Gasteiger partial charge in [-0.2, -0.15) is 0 Å². The quantitative estimate of drug-likeness (QED) is 0.838. The molecule has 0 spiro atoms. The zero-order valence-corrected chi connectivity index (χ0v) is 12.8. The van der Waals surface area contributed by atoms with Crippen LogP contribution < -0.4 is 10.6 Å². The Hall–Kier alpha value is -1.36. The van der Waals surface area contributed by atoms with E-state index in [0.29, 0.717) is 12.0 Å². The molecular weight excluding hydrogens is 252 g/mol. The van der Waals surface area contributed by atoms with Crippen LogP contribution in [0.3, 0.4) is 0 Å². The minimum absolute atomic E-state index is 0.411. The zero-order valence-electron chi connectivity index (χ0n) is 12.8. The Balaban J connectivity index is 2.10.